The second-order valence-corrected chi connectivity index (χ2v) is 4.51. The van der Waals surface area contributed by atoms with Gasteiger partial charge in [0.25, 0.3) is 0 Å². The molecular weight excluding hydrogens is 267 g/mol. The van der Waals surface area contributed by atoms with Gasteiger partial charge in [-0.25, -0.2) is 0 Å². The Hall–Kier alpha value is -0.690. The molecule has 6 nitrogen and oxygen atoms in total. The lowest BCUT2D eigenvalue weighted by atomic mass is 10.2. The third-order valence-electron chi connectivity index (χ3n) is 2.38. The Bertz CT molecular complexity index is 386. The number of hydrogen-bond acceptors (Lipinski definition) is 6. The van der Waals surface area contributed by atoms with Crippen LogP contribution in [-0.2, 0) is 4.74 Å². The van der Waals surface area contributed by atoms with Crippen LogP contribution in [0.15, 0.2) is 0 Å². The number of aliphatic hydroxyl groups is 1. The van der Waals surface area contributed by atoms with Crippen molar-refractivity contribution in [2.45, 2.75) is 19.1 Å². The average Bonchev–Trinajstić information content (AvgIpc) is 2.26. The molecule has 1 aromatic heterocycles. The standard InChI is InChI=1S/C9H12Cl2N4O2/c1-5-2-15(3-6(4-16)17-5)9-13-7(10)12-8(11)14-9/h5-6,16H,2-4H2,1H3. The van der Waals surface area contributed by atoms with Crippen LogP contribution in [0.2, 0.25) is 10.6 Å². The molecule has 1 aliphatic rings. The molecule has 94 valence electrons. The summed E-state index contributed by atoms with van der Waals surface area (Å²) in [6, 6.07) is 0. The molecule has 1 saturated heterocycles. The molecule has 1 aliphatic heterocycles. The number of anilines is 1. The number of rotatable bonds is 2. The summed E-state index contributed by atoms with van der Waals surface area (Å²) in [5, 5.41) is 9.24. The second kappa shape index (κ2) is 5.30. The minimum Gasteiger partial charge on any atom is -0.394 e. The highest BCUT2D eigenvalue weighted by Gasteiger charge is 2.26. The molecule has 8 heteroatoms. The lowest BCUT2D eigenvalue weighted by Gasteiger charge is -2.35. The Kier molecular flexibility index (Phi) is 3.98. The van der Waals surface area contributed by atoms with E-state index in [1.807, 2.05) is 11.8 Å². The van der Waals surface area contributed by atoms with Gasteiger partial charge in [-0.15, -0.1) is 0 Å². The van der Waals surface area contributed by atoms with Gasteiger partial charge in [-0.05, 0) is 30.1 Å². The molecule has 1 N–H and O–H groups in total. The molecule has 0 radical (unpaired) electrons. The molecule has 1 aromatic rings. The van der Waals surface area contributed by atoms with Crippen molar-refractivity contribution in [2.24, 2.45) is 0 Å². The Balaban J connectivity index is 2.20. The molecular formula is C9H12Cl2N4O2. The van der Waals surface area contributed by atoms with E-state index in [9.17, 15) is 0 Å². The van der Waals surface area contributed by atoms with Gasteiger partial charge in [0, 0.05) is 13.1 Å². The van der Waals surface area contributed by atoms with Crippen LogP contribution >= 0.6 is 23.2 Å². The van der Waals surface area contributed by atoms with Crippen molar-refractivity contribution in [1.29, 1.82) is 0 Å². The maximum Gasteiger partial charge on any atom is 0.231 e. The van der Waals surface area contributed by atoms with Crippen LogP contribution in [-0.4, -0.2) is 52.0 Å². The largest absolute Gasteiger partial charge is 0.394 e. The van der Waals surface area contributed by atoms with E-state index in [0.717, 1.165) is 0 Å². The van der Waals surface area contributed by atoms with Gasteiger partial charge in [0.1, 0.15) is 0 Å². The number of halogens is 2. The summed E-state index contributed by atoms with van der Waals surface area (Å²) in [5.41, 5.74) is 0. The Labute approximate surface area is 109 Å². The Morgan fingerprint density at radius 2 is 1.94 bits per heavy atom. The zero-order valence-electron chi connectivity index (χ0n) is 9.18. The predicted octanol–water partition coefficient (Wildman–Crippen LogP) is 0.764. The second-order valence-electron chi connectivity index (χ2n) is 3.83. The molecule has 2 unspecified atom stereocenters. The van der Waals surface area contributed by atoms with Crippen molar-refractivity contribution >= 4 is 29.2 Å². The molecule has 0 aliphatic carbocycles. The number of nitrogens with zero attached hydrogens (tertiary/aromatic N) is 4. The zero-order chi connectivity index (χ0) is 12.4. The zero-order valence-corrected chi connectivity index (χ0v) is 10.7. The van der Waals surface area contributed by atoms with Crippen molar-refractivity contribution in [3.05, 3.63) is 10.6 Å². The number of aromatic nitrogens is 3. The van der Waals surface area contributed by atoms with Gasteiger partial charge < -0.3 is 14.7 Å². The molecule has 0 spiro atoms. The quantitative estimate of drug-likeness (QED) is 0.862. The first-order chi connectivity index (χ1) is 8.08. The van der Waals surface area contributed by atoms with Crippen molar-refractivity contribution in [1.82, 2.24) is 15.0 Å². The van der Waals surface area contributed by atoms with Crippen molar-refractivity contribution in [2.75, 3.05) is 24.6 Å². The van der Waals surface area contributed by atoms with E-state index in [0.29, 0.717) is 19.0 Å². The molecule has 2 atom stereocenters. The fourth-order valence-electron chi connectivity index (χ4n) is 1.77. The molecule has 0 bridgehead atoms. The minimum absolute atomic E-state index is 0.0183. The Morgan fingerprint density at radius 1 is 1.29 bits per heavy atom. The van der Waals surface area contributed by atoms with E-state index in [1.54, 1.807) is 0 Å². The van der Waals surface area contributed by atoms with E-state index in [2.05, 4.69) is 15.0 Å². The van der Waals surface area contributed by atoms with E-state index < -0.39 is 0 Å². The first-order valence-corrected chi connectivity index (χ1v) is 5.92. The normalized spacial score (nSPS) is 25.1. The Morgan fingerprint density at radius 3 is 2.53 bits per heavy atom. The highest BCUT2D eigenvalue weighted by Crippen LogP contribution is 2.19. The van der Waals surface area contributed by atoms with Crippen LogP contribution in [0.3, 0.4) is 0 Å². The third kappa shape index (κ3) is 3.16. The summed E-state index contributed by atoms with van der Waals surface area (Å²) < 4.78 is 5.52. The highest BCUT2D eigenvalue weighted by atomic mass is 35.5. The van der Waals surface area contributed by atoms with Crippen LogP contribution in [0.5, 0.6) is 0 Å². The van der Waals surface area contributed by atoms with E-state index in [-0.39, 0.29) is 29.4 Å². The van der Waals surface area contributed by atoms with Crippen LogP contribution in [0.1, 0.15) is 6.92 Å². The maximum atomic E-state index is 9.13. The molecule has 0 saturated carbocycles. The van der Waals surface area contributed by atoms with Gasteiger partial charge in [0.2, 0.25) is 16.5 Å². The fourth-order valence-corrected chi connectivity index (χ4v) is 2.12. The SMILES string of the molecule is CC1CN(c2nc(Cl)nc(Cl)n2)CC(CO)O1. The van der Waals surface area contributed by atoms with E-state index >= 15 is 0 Å². The first-order valence-electron chi connectivity index (χ1n) is 5.17. The highest BCUT2D eigenvalue weighted by molar-refractivity contribution is 6.31. The van der Waals surface area contributed by atoms with Crippen molar-refractivity contribution in [3.8, 4) is 0 Å². The van der Waals surface area contributed by atoms with Gasteiger partial charge in [-0.2, -0.15) is 15.0 Å². The summed E-state index contributed by atoms with van der Waals surface area (Å²) in [5.74, 6) is 0.406. The topological polar surface area (TPSA) is 71.4 Å². The summed E-state index contributed by atoms with van der Waals surface area (Å²) in [7, 11) is 0. The van der Waals surface area contributed by atoms with Crippen LogP contribution in [0.25, 0.3) is 0 Å². The van der Waals surface area contributed by atoms with Gasteiger partial charge in [0.05, 0.1) is 18.8 Å². The number of aliphatic hydroxyl groups excluding tert-OH is 1. The smallest absolute Gasteiger partial charge is 0.231 e. The van der Waals surface area contributed by atoms with E-state index in [4.69, 9.17) is 33.0 Å². The third-order valence-corrected chi connectivity index (χ3v) is 2.72. The number of hydrogen-bond donors (Lipinski definition) is 1. The van der Waals surface area contributed by atoms with Crippen LogP contribution < -0.4 is 4.90 Å². The van der Waals surface area contributed by atoms with Crippen LogP contribution in [0, 0.1) is 0 Å². The molecule has 2 heterocycles. The van der Waals surface area contributed by atoms with Crippen LogP contribution in [0.4, 0.5) is 5.95 Å². The summed E-state index contributed by atoms with van der Waals surface area (Å²) in [6.07, 6.45) is -0.275. The predicted molar refractivity (Wildman–Crippen MR) is 63.5 cm³/mol. The summed E-state index contributed by atoms with van der Waals surface area (Å²) >= 11 is 11.4. The first kappa shape index (κ1) is 12.8. The minimum atomic E-state index is -0.256. The van der Waals surface area contributed by atoms with Gasteiger partial charge >= 0.3 is 0 Å². The monoisotopic (exact) mass is 278 g/mol. The lowest BCUT2D eigenvalue weighted by Crippen LogP contribution is -2.48. The fraction of sp³-hybridized carbons (Fsp3) is 0.667. The number of ether oxygens (including phenoxy) is 1. The molecule has 1 fully saturated rings. The number of morpholine rings is 1. The molecule has 17 heavy (non-hydrogen) atoms. The van der Waals surface area contributed by atoms with Gasteiger partial charge in [-0.1, -0.05) is 0 Å². The average molecular weight is 279 g/mol. The molecule has 0 aromatic carbocycles. The van der Waals surface area contributed by atoms with Crippen molar-refractivity contribution < 1.29 is 9.84 Å². The summed E-state index contributed by atoms with van der Waals surface area (Å²) in [6.45, 7) is 2.98. The lowest BCUT2D eigenvalue weighted by molar-refractivity contribution is -0.0425. The maximum absolute atomic E-state index is 9.13. The molecule has 0 amide bonds. The van der Waals surface area contributed by atoms with E-state index in [1.165, 1.54) is 0 Å². The summed E-state index contributed by atoms with van der Waals surface area (Å²) in [4.78, 5) is 13.6. The van der Waals surface area contributed by atoms with Crippen molar-refractivity contribution in [3.63, 3.8) is 0 Å². The molecule has 2 rings (SSSR count). The van der Waals surface area contributed by atoms with Gasteiger partial charge in [0.15, 0.2) is 0 Å². The van der Waals surface area contributed by atoms with Gasteiger partial charge in [-0.3, -0.25) is 0 Å².